The van der Waals surface area contributed by atoms with E-state index in [1.807, 2.05) is 13.1 Å². The molecule has 100 valence electrons. The fourth-order valence-electron chi connectivity index (χ4n) is 1.49. The molecule has 0 heterocycles. The van der Waals surface area contributed by atoms with E-state index in [9.17, 15) is 4.79 Å². The normalized spacial score (nSPS) is 10.4. The summed E-state index contributed by atoms with van der Waals surface area (Å²) >= 11 is 13.6. The molecule has 1 aromatic carbocycles. The Morgan fingerprint density at radius 1 is 1.33 bits per heavy atom. The number of hydrogen-bond acceptors (Lipinski definition) is 2. The Hall–Kier alpha value is -0.380. The summed E-state index contributed by atoms with van der Waals surface area (Å²) in [4.78, 5) is 13.5. The molecule has 1 rings (SSSR count). The van der Waals surface area contributed by atoms with E-state index in [2.05, 4.69) is 6.92 Å². The highest BCUT2D eigenvalue weighted by Crippen LogP contribution is 2.23. The molecule has 0 N–H and O–H groups in total. The van der Waals surface area contributed by atoms with Crippen molar-refractivity contribution in [3.63, 3.8) is 0 Å². The fourth-order valence-corrected chi connectivity index (χ4v) is 2.42. The van der Waals surface area contributed by atoms with Gasteiger partial charge >= 0.3 is 0 Å². The molecular weight excluding hydrogens is 289 g/mol. The largest absolute Gasteiger partial charge is 0.341 e. The number of rotatable bonds is 6. The summed E-state index contributed by atoms with van der Waals surface area (Å²) in [5.41, 5.74) is 0.989. The van der Waals surface area contributed by atoms with Gasteiger partial charge in [0.05, 0.1) is 10.0 Å². The van der Waals surface area contributed by atoms with Gasteiger partial charge in [0.2, 0.25) is 5.91 Å². The number of halogens is 2. The Kier molecular flexibility index (Phi) is 6.90. The van der Waals surface area contributed by atoms with Crippen LogP contribution in [0, 0.1) is 0 Å². The van der Waals surface area contributed by atoms with Crippen LogP contribution in [0.15, 0.2) is 18.2 Å². The summed E-state index contributed by atoms with van der Waals surface area (Å²) in [5.74, 6) is 2.08. The van der Waals surface area contributed by atoms with Crippen molar-refractivity contribution in [2.45, 2.75) is 19.9 Å². The van der Waals surface area contributed by atoms with Gasteiger partial charge < -0.3 is 4.90 Å². The molecule has 1 aromatic rings. The topological polar surface area (TPSA) is 20.3 Å². The Labute approximate surface area is 123 Å². The van der Waals surface area contributed by atoms with E-state index in [0.717, 1.165) is 17.1 Å². The SMILES string of the molecule is CCSCCC(=O)N(C)Cc1ccc(Cl)c(Cl)c1. The lowest BCUT2D eigenvalue weighted by molar-refractivity contribution is -0.129. The van der Waals surface area contributed by atoms with Crippen molar-refractivity contribution in [1.29, 1.82) is 0 Å². The van der Waals surface area contributed by atoms with Crippen molar-refractivity contribution in [1.82, 2.24) is 4.90 Å². The van der Waals surface area contributed by atoms with E-state index in [1.54, 1.807) is 28.8 Å². The summed E-state index contributed by atoms with van der Waals surface area (Å²) in [6, 6.07) is 5.44. The maximum absolute atomic E-state index is 11.8. The molecule has 0 bridgehead atoms. The van der Waals surface area contributed by atoms with Gasteiger partial charge in [0.15, 0.2) is 0 Å². The molecule has 0 aromatic heterocycles. The van der Waals surface area contributed by atoms with E-state index in [1.165, 1.54) is 0 Å². The zero-order valence-electron chi connectivity index (χ0n) is 10.6. The molecule has 1 amide bonds. The van der Waals surface area contributed by atoms with Gasteiger partial charge in [-0.25, -0.2) is 0 Å². The number of thioether (sulfide) groups is 1. The van der Waals surface area contributed by atoms with Crippen LogP contribution in [0.25, 0.3) is 0 Å². The van der Waals surface area contributed by atoms with E-state index in [-0.39, 0.29) is 5.91 Å². The Morgan fingerprint density at radius 2 is 2.06 bits per heavy atom. The van der Waals surface area contributed by atoms with Crippen LogP contribution in [0.2, 0.25) is 10.0 Å². The molecule has 0 atom stereocenters. The zero-order valence-corrected chi connectivity index (χ0v) is 12.9. The summed E-state index contributed by atoms with van der Waals surface area (Å²) in [5, 5.41) is 1.06. The van der Waals surface area contributed by atoms with Gasteiger partial charge in [0, 0.05) is 25.8 Å². The number of carbonyl (C=O) groups excluding carboxylic acids is 1. The third-order valence-corrected chi connectivity index (χ3v) is 4.13. The van der Waals surface area contributed by atoms with Crippen LogP contribution in [0.5, 0.6) is 0 Å². The summed E-state index contributed by atoms with van der Waals surface area (Å²) in [7, 11) is 1.81. The van der Waals surface area contributed by atoms with Crippen molar-refractivity contribution >= 4 is 40.9 Å². The molecule has 0 aliphatic rings. The number of benzene rings is 1. The van der Waals surface area contributed by atoms with Crippen LogP contribution in [-0.4, -0.2) is 29.4 Å². The van der Waals surface area contributed by atoms with Crippen molar-refractivity contribution in [3.05, 3.63) is 33.8 Å². The maximum atomic E-state index is 11.8. The van der Waals surface area contributed by atoms with Gasteiger partial charge in [-0.2, -0.15) is 11.8 Å². The van der Waals surface area contributed by atoms with E-state index in [0.29, 0.717) is 23.0 Å². The minimum atomic E-state index is 0.155. The molecule has 18 heavy (non-hydrogen) atoms. The zero-order chi connectivity index (χ0) is 13.5. The summed E-state index contributed by atoms with van der Waals surface area (Å²) < 4.78 is 0. The van der Waals surface area contributed by atoms with Crippen LogP contribution >= 0.6 is 35.0 Å². The van der Waals surface area contributed by atoms with Crippen LogP contribution < -0.4 is 0 Å². The van der Waals surface area contributed by atoms with Crippen molar-refractivity contribution in [2.24, 2.45) is 0 Å². The second-order valence-electron chi connectivity index (χ2n) is 3.95. The first kappa shape index (κ1) is 15.7. The number of carbonyl (C=O) groups is 1. The summed E-state index contributed by atoms with van der Waals surface area (Å²) in [6.07, 6.45) is 0.580. The molecule has 0 saturated heterocycles. The molecule has 0 fully saturated rings. The average molecular weight is 306 g/mol. The molecule has 0 aliphatic heterocycles. The highest BCUT2D eigenvalue weighted by Gasteiger charge is 2.09. The number of hydrogen-bond donors (Lipinski definition) is 0. The number of nitrogens with zero attached hydrogens (tertiary/aromatic N) is 1. The molecule has 0 spiro atoms. The number of amides is 1. The second kappa shape index (κ2) is 7.93. The molecule has 0 saturated carbocycles. The first-order valence-electron chi connectivity index (χ1n) is 5.80. The third kappa shape index (κ3) is 5.09. The lowest BCUT2D eigenvalue weighted by atomic mass is 10.2. The van der Waals surface area contributed by atoms with Crippen LogP contribution in [0.4, 0.5) is 0 Å². The Bertz CT molecular complexity index is 412. The maximum Gasteiger partial charge on any atom is 0.223 e. The minimum Gasteiger partial charge on any atom is -0.341 e. The van der Waals surface area contributed by atoms with Gasteiger partial charge in [-0.1, -0.05) is 36.2 Å². The van der Waals surface area contributed by atoms with Crippen LogP contribution in [0.3, 0.4) is 0 Å². The molecular formula is C13H17Cl2NOS. The highest BCUT2D eigenvalue weighted by molar-refractivity contribution is 7.99. The van der Waals surface area contributed by atoms with Crippen molar-refractivity contribution < 1.29 is 4.79 Å². The quantitative estimate of drug-likeness (QED) is 0.738. The first-order chi connectivity index (χ1) is 8.54. The predicted molar refractivity (Wildman–Crippen MR) is 80.6 cm³/mol. The van der Waals surface area contributed by atoms with E-state index < -0.39 is 0 Å². The minimum absolute atomic E-state index is 0.155. The van der Waals surface area contributed by atoms with Gasteiger partial charge in [0.25, 0.3) is 0 Å². The van der Waals surface area contributed by atoms with Gasteiger partial charge in [-0.15, -0.1) is 0 Å². The van der Waals surface area contributed by atoms with E-state index >= 15 is 0 Å². The Morgan fingerprint density at radius 3 is 2.67 bits per heavy atom. The smallest absolute Gasteiger partial charge is 0.223 e. The Balaban J connectivity index is 2.50. The van der Waals surface area contributed by atoms with E-state index in [4.69, 9.17) is 23.2 Å². The molecule has 2 nitrogen and oxygen atoms in total. The first-order valence-corrected chi connectivity index (χ1v) is 7.71. The average Bonchev–Trinajstić information content (AvgIpc) is 2.34. The molecule has 0 aliphatic carbocycles. The standard InChI is InChI=1S/C13H17Cl2NOS/c1-3-18-7-6-13(17)16(2)9-10-4-5-11(14)12(15)8-10/h4-5,8H,3,6-7,9H2,1-2H3. The molecule has 0 radical (unpaired) electrons. The van der Waals surface area contributed by atoms with Crippen LogP contribution in [0.1, 0.15) is 18.9 Å². The molecule has 5 heteroatoms. The van der Waals surface area contributed by atoms with Crippen molar-refractivity contribution in [3.8, 4) is 0 Å². The fraction of sp³-hybridized carbons (Fsp3) is 0.462. The summed E-state index contributed by atoms with van der Waals surface area (Å²) in [6.45, 7) is 2.65. The lowest BCUT2D eigenvalue weighted by Crippen LogP contribution is -2.26. The van der Waals surface area contributed by atoms with Gasteiger partial charge in [0.1, 0.15) is 0 Å². The second-order valence-corrected chi connectivity index (χ2v) is 6.15. The third-order valence-electron chi connectivity index (χ3n) is 2.49. The van der Waals surface area contributed by atoms with Gasteiger partial charge in [-0.3, -0.25) is 4.79 Å². The van der Waals surface area contributed by atoms with Crippen molar-refractivity contribution in [2.75, 3.05) is 18.6 Å². The monoisotopic (exact) mass is 305 g/mol. The van der Waals surface area contributed by atoms with Crippen LogP contribution in [-0.2, 0) is 11.3 Å². The lowest BCUT2D eigenvalue weighted by Gasteiger charge is -2.17. The predicted octanol–water partition coefficient (Wildman–Crippen LogP) is 4.10. The molecule has 0 unspecified atom stereocenters. The highest BCUT2D eigenvalue weighted by atomic mass is 35.5. The van der Waals surface area contributed by atoms with Gasteiger partial charge in [-0.05, 0) is 23.4 Å².